The van der Waals surface area contributed by atoms with Crippen LogP contribution in [0, 0.1) is 5.92 Å². The molecule has 1 rings (SSSR count). The largest absolute Gasteiger partial charge is 0.205 e. The van der Waals surface area contributed by atoms with Crippen molar-refractivity contribution in [1.29, 1.82) is 0 Å². The first-order chi connectivity index (χ1) is 6.02. The lowest BCUT2D eigenvalue weighted by Crippen LogP contribution is -2.37. The van der Waals surface area contributed by atoms with Gasteiger partial charge in [-0.3, -0.25) is 0 Å². The molecule has 2 heteroatoms. The molecule has 0 N–H and O–H groups in total. The van der Waals surface area contributed by atoms with E-state index in [-0.39, 0.29) is 0 Å². The van der Waals surface area contributed by atoms with Crippen molar-refractivity contribution in [3.63, 3.8) is 0 Å². The van der Waals surface area contributed by atoms with E-state index < -0.39 is 0 Å². The molecule has 0 amide bonds. The lowest BCUT2D eigenvalue weighted by molar-refractivity contribution is -1.04. The van der Waals surface area contributed by atoms with Crippen molar-refractivity contribution in [2.24, 2.45) is 5.92 Å². The SMILES string of the molecule is CCC1C(C(C)C)[N+]1(OC)C(C)C. The monoisotopic (exact) mass is 186 g/mol. The zero-order chi connectivity index (χ0) is 10.2. The molecule has 0 aliphatic carbocycles. The Morgan fingerprint density at radius 3 is 1.85 bits per heavy atom. The molecule has 13 heavy (non-hydrogen) atoms. The highest BCUT2D eigenvalue weighted by Gasteiger charge is 2.70. The topological polar surface area (TPSA) is 9.23 Å². The summed E-state index contributed by atoms with van der Waals surface area (Å²) in [5.74, 6) is 0.729. The van der Waals surface area contributed by atoms with Crippen LogP contribution in [-0.4, -0.2) is 29.9 Å². The maximum Gasteiger partial charge on any atom is 0.177 e. The Labute approximate surface area is 82.4 Å². The Balaban J connectivity index is 2.78. The normalized spacial score (nSPS) is 38.8. The van der Waals surface area contributed by atoms with Crippen molar-refractivity contribution in [2.45, 2.75) is 59.2 Å². The van der Waals surface area contributed by atoms with Crippen molar-refractivity contribution in [1.82, 2.24) is 0 Å². The molecule has 3 atom stereocenters. The van der Waals surface area contributed by atoms with Gasteiger partial charge in [0.25, 0.3) is 0 Å². The summed E-state index contributed by atoms with van der Waals surface area (Å²) in [5, 5.41) is 0. The molecule has 3 unspecified atom stereocenters. The molecule has 1 aliphatic heterocycles. The van der Waals surface area contributed by atoms with E-state index in [0.29, 0.717) is 6.04 Å². The molecule has 0 bridgehead atoms. The van der Waals surface area contributed by atoms with Crippen molar-refractivity contribution in [2.75, 3.05) is 7.11 Å². The van der Waals surface area contributed by atoms with Crippen molar-refractivity contribution in [3.05, 3.63) is 0 Å². The van der Waals surface area contributed by atoms with E-state index in [1.807, 2.05) is 7.11 Å². The highest BCUT2D eigenvalue weighted by Crippen LogP contribution is 2.48. The van der Waals surface area contributed by atoms with Gasteiger partial charge >= 0.3 is 0 Å². The average molecular weight is 186 g/mol. The molecular formula is C11H24NO+. The second-order valence-corrected chi connectivity index (χ2v) is 4.75. The third-order valence-corrected chi connectivity index (χ3v) is 3.51. The van der Waals surface area contributed by atoms with Crippen LogP contribution in [0.15, 0.2) is 0 Å². The quantitative estimate of drug-likeness (QED) is 0.484. The summed E-state index contributed by atoms with van der Waals surface area (Å²) in [6, 6.07) is 2.03. The first-order valence-electron chi connectivity index (χ1n) is 5.46. The van der Waals surface area contributed by atoms with Gasteiger partial charge in [0.2, 0.25) is 0 Å². The fourth-order valence-corrected chi connectivity index (χ4v) is 3.06. The van der Waals surface area contributed by atoms with Gasteiger partial charge in [0.1, 0.15) is 6.04 Å². The van der Waals surface area contributed by atoms with Gasteiger partial charge in [0.15, 0.2) is 12.1 Å². The third-order valence-electron chi connectivity index (χ3n) is 3.51. The van der Waals surface area contributed by atoms with Crippen molar-refractivity contribution >= 4 is 0 Å². The Morgan fingerprint density at radius 1 is 1.23 bits per heavy atom. The minimum absolute atomic E-state index is 0.586. The Bertz CT molecular complexity index is 179. The number of nitrogens with zero attached hydrogens (tertiary/aromatic N) is 1. The average Bonchev–Trinajstić information content (AvgIpc) is 2.73. The van der Waals surface area contributed by atoms with Gasteiger partial charge in [-0.25, -0.2) is 4.84 Å². The van der Waals surface area contributed by atoms with Gasteiger partial charge in [-0.15, -0.1) is 0 Å². The first-order valence-corrected chi connectivity index (χ1v) is 5.46. The number of hydrogen-bond acceptors (Lipinski definition) is 1. The number of rotatable bonds is 4. The molecule has 0 spiro atoms. The number of hydroxylamine groups is 3. The van der Waals surface area contributed by atoms with Crippen LogP contribution in [0.4, 0.5) is 0 Å². The second kappa shape index (κ2) is 3.58. The molecule has 0 aromatic carbocycles. The molecule has 78 valence electrons. The summed E-state index contributed by atoms with van der Waals surface area (Å²) in [6.45, 7) is 11.4. The second-order valence-electron chi connectivity index (χ2n) is 4.75. The zero-order valence-corrected chi connectivity index (χ0v) is 9.87. The lowest BCUT2D eigenvalue weighted by atomic mass is 10.1. The number of hydrogen-bond donors (Lipinski definition) is 0. The minimum atomic E-state index is 0.586. The van der Waals surface area contributed by atoms with Gasteiger partial charge in [0.05, 0.1) is 7.11 Å². The van der Waals surface area contributed by atoms with Gasteiger partial charge in [-0.2, -0.15) is 4.65 Å². The van der Waals surface area contributed by atoms with Crippen LogP contribution in [0.2, 0.25) is 0 Å². The Morgan fingerprint density at radius 2 is 1.77 bits per heavy atom. The standard InChI is InChI=1S/C11H24NO/c1-7-10-11(8(2)3)12(10,13-6)9(4)5/h8-11H,7H2,1-6H3/q+1. The predicted octanol–water partition coefficient (Wildman–Crippen LogP) is 2.59. The number of quaternary nitrogens is 1. The van der Waals surface area contributed by atoms with E-state index >= 15 is 0 Å². The van der Waals surface area contributed by atoms with Crippen LogP contribution < -0.4 is 0 Å². The van der Waals surface area contributed by atoms with E-state index in [1.54, 1.807) is 0 Å². The molecular weight excluding hydrogens is 162 g/mol. The van der Waals surface area contributed by atoms with E-state index in [0.717, 1.165) is 22.6 Å². The van der Waals surface area contributed by atoms with Crippen molar-refractivity contribution in [3.8, 4) is 0 Å². The third kappa shape index (κ3) is 1.40. The summed E-state index contributed by atoms with van der Waals surface area (Å²) >= 11 is 0. The zero-order valence-electron chi connectivity index (χ0n) is 9.87. The van der Waals surface area contributed by atoms with Gasteiger partial charge in [0, 0.05) is 12.3 Å². The maximum atomic E-state index is 5.73. The first kappa shape index (κ1) is 11.0. The summed E-state index contributed by atoms with van der Waals surface area (Å²) in [7, 11) is 1.85. The molecule has 0 aromatic heterocycles. The van der Waals surface area contributed by atoms with Gasteiger partial charge < -0.3 is 0 Å². The lowest BCUT2D eigenvalue weighted by Gasteiger charge is -2.22. The summed E-state index contributed by atoms with van der Waals surface area (Å²) in [6.07, 6.45) is 1.23. The Kier molecular flexibility index (Phi) is 3.03. The molecule has 0 radical (unpaired) electrons. The molecule has 2 nitrogen and oxygen atoms in total. The summed E-state index contributed by atoms with van der Waals surface area (Å²) in [4.78, 5) is 5.73. The van der Waals surface area contributed by atoms with Crippen LogP contribution in [0.5, 0.6) is 0 Å². The smallest absolute Gasteiger partial charge is 0.177 e. The maximum absolute atomic E-state index is 5.73. The van der Waals surface area contributed by atoms with E-state index in [9.17, 15) is 0 Å². The molecule has 1 aliphatic rings. The van der Waals surface area contributed by atoms with Crippen LogP contribution >= 0.6 is 0 Å². The minimum Gasteiger partial charge on any atom is -0.205 e. The fraction of sp³-hybridized carbons (Fsp3) is 1.00. The van der Waals surface area contributed by atoms with Crippen LogP contribution in [0.1, 0.15) is 41.0 Å². The molecule has 0 aromatic rings. The van der Waals surface area contributed by atoms with Crippen molar-refractivity contribution < 1.29 is 9.48 Å². The van der Waals surface area contributed by atoms with Gasteiger partial charge in [-0.1, -0.05) is 20.8 Å². The van der Waals surface area contributed by atoms with E-state index in [1.165, 1.54) is 6.42 Å². The van der Waals surface area contributed by atoms with Crippen LogP contribution in [0.3, 0.4) is 0 Å². The summed E-state index contributed by atoms with van der Waals surface area (Å²) in [5.41, 5.74) is 0. The predicted molar refractivity (Wildman–Crippen MR) is 55.1 cm³/mol. The summed E-state index contributed by atoms with van der Waals surface area (Å²) < 4.78 is 0.883. The van der Waals surface area contributed by atoms with Crippen LogP contribution in [-0.2, 0) is 4.84 Å². The fourth-order valence-electron chi connectivity index (χ4n) is 3.06. The molecule has 1 fully saturated rings. The molecule has 1 heterocycles. The Hall–Kier alpha value is -0.0800. The van der Waals surface area contributed by atoms with E-state index in [2.05, 4.69) is 34.6 Å². The molecule has 1 saturated heterocycles. The van der Waals surface area contributed by atoms with E-state index in [4.69, 9.17) is 4.84 Å². The highest BCUT2D eigenvalue weighted by atomic mass is 16.7. The molecule has 0 saturated carbocycles. The van der Waals surface area contributed by atoms with Gasteiger partial charge in [-0.05, 0) is 13.8 Å². The van der Waals surface area contributed by atoms with Crippen LogP contribution in [0.25, 0.3) is 0 Å². The highest BCUT2D eigenvalue weighted by molar-refractivity contribution is 4.87.